The number of hydrogen-bond acceptors (Lipinski definition) is 2. The lowest BCUT2D eigenvalue weighted by Crippen LogP contribution is -2.35. The first-order chi connectivity index (χ1) is 5.87. The van der Waals surface area contributed by atoms with E-state index in [9.17, 15) is 4.79 Å². The maximum Gasteiger partial charge on any atom is 0.142 e. The number of nitrogens with zero attached hydrogens (tertiary/aromatic N) is 1. The molecular weight excluding hydrogens is 150 g/mol. The van der Waals surface area contributed by atoms with Crippen molar-refractivity contribution in [2.45, 2.75) is 31.2 Å². The van der Waals surface area contributed by atoms with Crippen LogP contribution < -0.4 is 0 Å². The van der Waals surface area contributed by atoms with Gasteiger partial charge in [0.05, 0.1) is 0 Å². The minimum absolute atomic E-state index is 0.279. The molecule has 12 heavy (non-hydrogen) atoms. The molecule has 2 nitrogen and oxygen atoms in total. The number of aldehydes is 1. The summed E-state index contributed by atoms with van der Waals surface area (Å²) in [6, 6.07) is 0. The lowest BCUT2D eigenvalue weighted by molar-refractivity contribution is -0.104. The topological polar surface area (TPSA) is 20.3 Å². The van der Waals surface area contributed by atoms with Crippen molar-refractivity contribution in [3.8, 4) is 0 Å². The predicted molar refractivity (Wildman–Crippen MR) is 48.0 cm³/mol. The molecule has 66 valence electrons. The molecule has 0 aromatic carbocycles. The van der Waals surface area contributed by atoms with Gasteiger partial charge in [-0.2, -0.15) is 0 Å². The van der Waals surface area contributed by atoms with Crippen molar-refractivity contribution in [3.63, 3.8) is 0 Å². The Hall–Kier alpha value is -0.630. The van der Waals surface area contributed by atoms with Crippen LogP contribution in [0.2, 0.25) is 0 Å². The number of fused-ring (bicyclic) bond motifs is 1. The molecule has 2 heterocycles. The Morgan fingerprint density at radius 1 is 1.17 bits per heavy atom. The first kappa shape index (κ1) is 7.99. The van der Waals surface area contributed by atoms with Crippen molar-refractivity contribution in [2.24, 2.45) is 0 Å². The van der Waals surface area contributed by atoms with E-state index in [0.717, 1.165) is 6.29 Å². The van der Waals surface area contributed by atoms with Crippen molar-refractivity contribution in [1.82, 2.24) is 4.90 Å². The standard InChI is InChI=1S/C10H15NO/c12-9-3-6-10-4-1-7-11(10)8-2-5-10/h3,6,9H,1-2,4-5,7-8H2. The van der Waals surface area contributed by atoms with Crippen molar-refractivity contribution in [3.05, 3.63) is 12.2 Å². The van der Waals surface area contributed by atoms with E-state index in [1.54, 1.807) is 6.08 Å². The number of hydrogen-bond donors (Lipinski definition) is 0. The molecule has 0 aromatic rings. The molecule has 0 N–H and O–H groups in total. The summed E-state index contributed by atoms with van der Waals surface area (Å²) in [6.45, 7) is 2.45. The second-order valence-electron chi connectivity index (χ2n) is 3.79. The summed E-state index contributed by atoms with van der Waals surface area (Å²) in [5, 5.41) is 0. The van der Waals surface area contributed by atoms with E-state index in [0.29, 0.717) is 0 Å². The van der Waals surface area contributed by atoms with Gasteiger partial charge in [-0.15, -0.1) is 0 Å². The van der Waals surface area contributed by atoms with E-state index in [1.165, 1.54) is 38.8 Å². The van der Waals surface area contributed by atoms with Crippen molar-refractivity contribution < 1.29 is 4.79 Å². The van der Waals surface area contributed by atoms with Crippen LogP contribution in [0.15, 0.2) is 12.2 Å². The summed E-state index contributed by atoms with van der Waals surface area (Å²) in [6.07, 6.45) is 9.76. The van der Waals surface area contributed by atoms with E-state index in [1.807, 2.05) is 0 Å². The highest BCUT2D eigenvalue weighted by molar-refractivity contribution is 5.65. The molecule has 2 saturated heterocycles. The summed E-state index contributed by atoms with van der Waals surface area (Å²) in [5.41, 5.74) is 0.279. The van der Waals surface area contributed by atoms with Crippen molar-refractivity contribution in [2.75, 3.05) is 13.1 Å². The van der Waals surface area contributed by atoms with E-state index in [2.05, 4.69) is 11.0 Å². The van der Waals surface area contributed by atoms with Gasteiger partial charge in [0.1, 0.15) is 6.29 Å². The molecule has 0 radical (unpaired) electrons. The Kier molecular flexibility index (Phi) is 2.01. The molecule has 2 heteroatoms. The Labute approximate surface area is 73.2 Å². The molecule has 0 saturated carbocycles. The zero-order valence-electron chi connectivity index (χ0n) is 7.33. The van der Waals surface area contributed by atoms with Gasteiger partial charge < -0.3 is 0 Å². The van der Waals surface area contributed by atoms with E-state index < -0.39 is 0 Å². The fraction of sp³-hybridized carbons (Fsp3) is 0.700. The average molecular weight is 165 g/mol. The van der Waals surface area contributed by atoms with Crippen LogP contribution in [0.4, 0.5) is 0 Å². The van der Waals surface area contributed by atoms with Crippen LogP contribution >= 0.6 is 0 Å². The highest BCUT2D eigenvalue weighted by Crippen LogP contribution is 2.39. The first-order valence-corrected chi connectivity index (χ1v) is 4.75. The molecular formula is C10H15NO. The Bertz CT molecular complexity index is 200. The van der Waals surface area contributed by atoms with Gasteiger partial charge in [-0.25, -0.2) is 0 Å². The van der Waals surface area contributed by atoms with Crippen molar-refractivity contribution in [1.29, 1.82) is 0 Å². The number of allylic oxidation sites excluding steroid dienone is 1. The molecule has 2 aliphatic heterocycles. The van der Waals surface area contributed by atoms with Gasteiger partial charge in [-0.1, -0.05) is 6.08 Å². The van der Waals surface area contributed by atoms with Crippen LogP contribution in [0.5, 0.6) is 0 Å². The molecule has 0 spiro atoms. The minimum atomic E-state index is 0.279. The fourth-order valence-corrected chi connectivity index (χ4v) is 2.64. The number of rotatable bonds is 2. The van der Waals surface area contributed by atoms with Gasteiger partial charge in [0.2, 0.25) is 0 Å². The molecule has 0 aromatic heterocycles. The van der Waals surface area contributed by atoms with Gasteiger partial charge in [0, 0.05) is 5.54 Å². The number of carbonyl (C=O) groups excluding carboxylic acids is 1. The highest BCUT2D eigenvalue weighted by atomic mass is 16.1. The van der Waals surface area contributed by atoms with Crippen LogP contribution in [0.25, 0.3) is 0 Å². The summed E-state index contributed by atoms with van der Waals surface area (Å²) in [4.78, 5) is 12.8. The Morgan fingerprint density at radius 2 is 1.83 bits per heavy atom. The van der Waals surface area contributed by atoms with Gasteiger partial charge in [0.25, 0.3) is 0 Å². The summed E-state index contributed by atoms with van der Waals surface area (Å²) in [7, 11) is 0. The molecule has 0 unspecified atom stereocenters. The summed E-state index contributed by atoms with van der Waals surface area (Å²) in [5.74, 6) is 0. The smallest absolute Gasteiger partial charge is 0.142 e. The maximum atomic E-state index is 10.2. The van der Waals surface area contributed by atoms with Crippen LogP contribution in [0.1, 0.15) is 25.7 Å². The second-order valence-corrected chi connectivity index (χ2v) is 3.79. The van der Waals surface area contributed by atoms with Gasteiger partial charge >= 0.3 is 0 Å². The third-order valence-electron chi connectivity index (χ3n) is 3.19. The molecule has 0 bridgehead atoms. The lowest BCUT2D eigenvalue weighted by atomic mass is 9.94. The van der Waals surface area contributed by atoms with Crippen molar-refractivity contribution >= 4 is 6.29 Å². The lowest BCUT2D eigenvalue weighted by Gasteiger charge is -2.28. The van der Waals surface area contributed by atoms with E-state index in [4.69, 9.17) is 0 Å². The van der Waals surface area contributed by atoms with E-state index in [-0.39, 0.29) is 5.54 Å². The first-order valence-electron chi connectivity index (χ1n) is 4.75. The molecule has 0 atom stereocenters. The number of carbonyl (C=O) groups is 1. The largest absolute Gasteiger partial charge is 0.299 e. The normalized spacial score (nSPS) is 28.0. The van der Waals surface area contributed by atoms with Crippen LogP contribution in [0, 0.1) is 0 Å². The third kappa shape index (κ3) is 1.11. The van der Waals surface area contributed by atoms with Crippen LogP contribution in [-0.4, -0.2) is 29.8 Å². The zero-order chi connectivity index (χ0) is 8.44. The Balaban J connectivity index is 2.16. The van der Waals surface area contributed by atoms with Crippen LogP contribution in [0.3, 0.4) is 0 Å². The monoisotopic (exact) mass is 165 g/mol. The highest BCUT2D eigenvalue weighted by Gasteiger charge is 2.41. The van der Waals surface area contributed by atoms with E-state index >= 15 is 0 Å². The quantitative estimate of drug-likeness (QED) is 0.455. The predicted octanol–water partition coefficient (Wildman–Crippen LogP) is 1.37. The van der Waals surface area contributed by atoms with Gasteiger partial charge in [-0.3, -0.25) is 9.69 Å². The van der Waals surface area contributed by atoms with Gasteiger partial charge in [-0.05, 0) is 44.8 Å². The molecule has 0 aliphatic carbocycles. The SMILES string of the molecule is O=CC=CC12CCCN1CCC2. The van der Waals surface area contributed by atoms with Crippen LogP contribution in [-0.2, 0) is 4.79 Å². The Morgan fingerprint density at radius 3 is 2.42 bits per heavy atom. The summed E-state index contributed by atoms with van der Waals surface area (Å²) >= 11 is 0. The fourth-order valence-electron chi connectivity index (χ4n) is 2.64. The summed E-state index contributed by atoms with van der Waals surface area (Å²) < 4.78 is 0. The molecule has 2 aliphatic rings. The average Bonchev–Trinajstić information content (AvgIpc) is 2.58. The molecule has 2 fully saturated rings. The minimum Gasteiger partial charge on any atom is -0.299 e. The maximum absolute atomic E-state index is 10.2. The molecule has 0 amide bonds. The third-order valence-corrected chi connectivity index (χ3v) is 3.19. The zero-order valence-corrected chi connectivity index (χ0v) is 7.33. The molecule has 2 rings (SSSR count). The second kappa shape index (κ2) is 3.02. The van der Waals surface area contributed by atoms with Gasteiger partial charge in [0.15, 0.2) is 0 Å².